The maximum atomic E-state index is 2.38. The highest BCUT2D eigenvalue weighted by molar-refractivity contribution is 6.12. The SMILES string of the molecule is c1ccc2c(-c3ccc(N(c4ccc(-c5cccc6c5ccc5ccccc56)cc4)c4ccc5ccc6ccccc6c5c4)cc3)cccc2c1. The van der Waals surface area contributed by atoms with Gasteiger partial charge in [0.05, 0.1) is 0 Å². The summed E-state index contributed by atoms with van der Waals surface area (Å²) in [7, 11) is 0. The Hall–Kier alpha value is -6.70. The van der Waals surface area contributed by atoms with Gasteiger partial charge in [0.1, 0.15) is 0 Å². The number of benzene rings is 10. The summed E-state index contributed by atoms with van der Waals surface area (Å²) < 4.78 is 0. The molecular formula is C50H33N. The molecule has 0 aromatic heterocycles. The van der Waals surface area contributed by atoms with E-state index in [-0.39, 0.29) is 0 Å². The summed E-state index contributed by atoms with van der Waals surface area (Å²) in [6.07, 6.45) is 0. The summed E-state index contributed by atoms with van der Waals surface area (Å²) >= 11 is 0. The molecule has 0 aliphatic rings. The summed E-state index contributed by atoms with van der Waals surface area (Å²) in [6, 6.07) is 73.1. The molecule has 51 heavy (non-hydrogen) atoms. The van der Waals surface area contributed by atoms with Crippen molar-refractivity contribution in [1.82, 2.24) is 0 Å². The van der Waals surface area contributed by atoms with Crippen LogP contribution in [0, 0.1) is 0 Å². The van der Waals surface area contributed by atoms with Crippen molar-refractivity contribution >= 4 is 70.9 Å². The Labute approximate surface area is 297 Å². The van der Waals surface area contributed by atoms with Gasteiger partial charge < -0.3 is 4.90 Å². The normalized spacial score (nSPS) is 11.5. The predicted octanol–water partition coefficient (Wildman–Crippen LogP) is 14.3. The molecule has 0 N–H and O–H groups in total. The van der Waals surface area contributed by atoms with Gasteiger partial charge in [0.15, 0.2) is 0 Å². The Morgan fingerprint density at radius 3 is 1.29 bits per heavy atom. The average molecular weight is 648 g/mol. The molecule has 0 saturated heterocycles. The van der Waals surface area contributed by atoms with Crippen LogP contribution in [0.25, 0.3) is 76.1 Å². The lowest BCUT2D eigenvalue weighted by molar-refractivity contribution is 1.29. The number of hydrogen-bond acceptors (Lipinski definition) is 1. The molecule has 0 aliphatic carbocycles. The fraction of sp³-hybridized carbons (Fsp3) is 0. The molecule has 0 amide bonds. The molecule has 10 aromatic rings. The third-order valence-electron chi connectivity index (χ3n) is 10.4. The number of fused-ring (bicyclic) bond motifs is 7. The number of nitrogens with zero attached hydrogens (tertiary/aromatic N) is 1. The van der Waals surface area contributed by atoms with Crippen molar-refractivity contribution in [2.75, 3.05) is 4.90 Å². The van der Waals surface area contributed by atoms with Crippen molar-refractivity contribution in [1.29, 1.82) is 0 Å². The minimum atomic E-state index is 1.11. The lowest BCUT2D eigenvalue weighted by Gasteiger charge is -2.26. The van der Waals surface area contributed by atoms with Gasteiger partial charge in [-0.05, 0) is 113 Å². The third-order valence-corrected chi connectivity index (χ3v) is 10.4. The Balaban J connectivity index is 1.11. The second kappa shape index (κ2) is 12.0. The summed E-state index contributed by atoms with van der Waals surface area (Å²) in [5.74, 6) is 0. The first-order valence-electron chi connectivity index (χ1n) is 17.6. The van der Waals surface area contributed by atoms with E-state index < -0.39 is 0 Å². The lowest BCUT2D eigenvalue weighted by Crippen LogP contribution is -2.10. The smallest absolute Gasteiger partial charge is 0.0468 e. The first-order chi connectivity index (χ1) is 25.3. The van der Waals surface area contributed by atoms with E-state index in [0.29, 0.717) is 0 Å². The largest absolute Gasteiger partial charge is 0.310 e. The van der Waals surface area contributed by atoms with Crippen molar-refractivity contribution in [2.24, 2.45) is 0 Å². The molecule has 1 heteroatoms. The van der Waals surface area contributed by atoms with E-state index in [1.54, 1.807) is 0 Å². The van der Waals surface area contributed by atoms with E-state index in [9.17, 15) is 0 Å². The van der Waals surface area contributed by atoms with Gasteiger partial charge in [-0.3, -0.25) is 0 Å². The van der Waals surface area contributed by atoms with Crippen LogP contribution in [0.2, 0.25) is 0 Å². The molecule has 0 bridgehead atoms. The molecule has 10 rings (SSSR count). The van der Waals surface area contributed by atoms with E-state index in [2.05, 4.69) is 205 Å². The van der Waals surface area contributed by atoms with Crippen LogP contribution in [0.4, 0.5) is 17.1 Å². The van der Waals surface area contributed by atoms with Crippen LogP contribution in [0.3, 0.4) is 0 Å². The number of rotatable bonds is 5. The lowest BCUT2D eigenvalue weighted by atomic mass is 9.94. The molecule has 1 nitrogen and oxygen atoms in total. The van der Waals surface area contributed by atoms with Crippen molar-refractivity contribution in [2.45, 2.75) is 0 Å². The molecule has 238 valence electrons. The van der Waals surface area contributed by atoms with Crippen LogP contribution < -0.4 is 4.90 Å². The second-order valence-corrected chi connectivity index (χ2v) is 13.3. The van der Waals surface area contributed by atoms with Gasteiger partial charge in [-0.1, -0.05) is 164 Å². The summed E-state index contributed by atoms with van der Waals surface area (Å²) in [5.41, 5.74) is 8.25. The zero-order valence-corrected chi connectivity index (χ0v) is 28.0. The van der Waals surface area contributed by atoms with E-state index in [1.807, 2.05) is 0 Å². The van der Waals surface area contributed by atoms with Crippen molar-refractivity contribution in [3.8, 4) is 22.3 Å². The summed E-state index contributed by atoms with van der Waals surface area (Å²) in [6.45, 7) is 0. The second-order valence-electron chi connectivity index (χ2n) is 13.3. The van der Waals surface area contributed by atoms with Crippen molar-refractivity contribution in [3.05, 3.63) is 200 Å². The molecule has 0 heterocycles. The summed E-state index contributed by atoms with van der Waals surface area (Å²) in [5, 5.41) is 12.6. The highest BCUT2D eigenvalue weighted by Gasteiger charge is 2.16. The number of hydrogen-bond donors (Lipinski definition) is 0. The van der Waals surface area contributed by atoms with E-state index >= 15 is 0 Å². The zero-order valence-electron chi connectivity index (χ0n) is 28.0. The highest BCUT2D eigenvalue weighted by atomic mass is 15.1. The molecule has 0 atom stereocenters. The molecule has 10 aromatic carbocycles. The quantitative estimate of drug-likeness (QED) is 0.168. The van der Waals surface area contributed by atoms with Crippen LogP contribution in [-0.2, 0) is 0 Å². The summed E-state index contributed by atoms with van der Waals surface area (Å²) in [4.78, 5) is 2.38. The van der Waals surface area contributed by atoms with Gasteiger partial charge in [-0.2, -0.15) is 0 Å². The van der Waals surface area contributed by atoms with Crippen LogP contribution in [-0.4, -0.2) is 0 Å². The van der Waals surface area contributed by atoms with E-state index in [4.69, 9.17) is 0 Å². The van der Waals surface area contributed by atoms with Gasteiger partial charge in [-0.25, -0.2) is 0 Å². The van der Waals surface area contributed by atoms with Gasteiger partial charge >= 0.3 is 0 Å². The Morgan fingerprint density at radius 2 is 0.647 bits per heavy atom. The molecule has 0 spiro atoms. The first-order valence-corrected chi connectivity index (χ1v) is 17.6. The predicted molar refractivity (Wildman–Crippen MR) is 220 cm³/mol. The van der Waals surface area contributed by atoms with E-state index in [1.165, 1.54) is 76.1 Å². The molecule has 0 unspecified atom stereocenters. The monoisotopic (exact) mass is 647 g/mol. The van der Waals surface area contributed by atoms with Crippen LogP contribution in [0.5, 0.6) is 0 Å². The van der Waals surface area contributed by atoms with Crippen LogP contribution >= 0.6 is 0 Å². The Kier molecular flexibility index (Phi) is 6.89. The maximum Gasteiger partial charge on any atom is 0.0468 e. The van der Waals surface area contributed by atoms with Gasteiger partial charge in [0.25, 0.3) is 0 Å². The fourth-order valence-electron chi connectivity index (χ4n) is 7.93. The van der Waals surface area contributed by atoms with Crippen LogP contribution in [0.1, 0.15) is 0 Å². The van der Waals surface area contributed by atoms with Crippen molar-refractivity contribution < 1.29 is 0 Å². The number of anilines is 3. The minimum absolute atomic E-state index is 1.11. The molecule has 0 radical (unpaired) electrons. The standard InChI is InChI=1S/C50H33N/c1-4-13-43-34(9-1)12-7-16-44(43)37-21-27-40(28-22-37)51(42-31-25-39-20-19-35-10-3-6-15-47(35)50(39)33-42)41-29-23-38(24-30-41)46-17-8-18-48-45-14-5-2-11-36(45)26-32-49(46)48/h1-33H. The van der Waals surface area contributed by atoms with Crippen molar-refractivity contribution in [3.63, 3.8) is 0 Å². The average Bonchev–Trinajstić information content (AvgIpc) is 3.21. The molecular weight excluding hydrogens is 615 g/mol. The van der Waals surface area contributed by atoms with Gasteiger partial charge in [0, 0.05) is 17.1 Å². The molecule has 0 saturated carbocycles. The van der Waals surface area contributed by atoms with Crippen LogP contribution in [0.15, 0.2) is 200 Å². The topological polar surface area (TPSA) is 3.24 Å². The first kappa shape index (κ1) is 29.2. The molecule has 0 fully saturated rings. The highest BCUT2D eigenvalue weighted by Crippen LogP contribution is 2.41. The fourth-order valence-corrected chi connectivity index (χ4v) is 7.93. The minimum Gasteiger partial charge on any atom is -0.310 e. The Morgan fingerprint density at radius 1 is 0.235 bits per heavy atom. The zero-order chi connectivity index (χ0) is 33.7. The van der Waals surface area contributed by atoms with Gasteiger partial charge in [0.2, 0.25) is 0 Å². The third kappa shape index (κ3) is 5.02. The Bertz CT molecular complexity index is 2900. The molecule has 0 aliphatic heterocycles. The maximum absolute atomic E-state index is 2.38. The van der Waals surface area contributed by atoms with E-state index in [0.717, 1.165) is 17.1 Å². The van der Waals surface area contributed by atoms with Gasteiger partial charge in [-0.15, -0.1) is 0 Å².